The van der Waals surface area contributed by atoms with Gasteiger partial charge >= 0.3 is 5.97 Å². The van der Waals surface area contributed by atoms with Crippen LogP contribution in [0.2, 0.25) is 0 Å². The number of hydrogen-bond acceptors (Lipinski definition) is 4. The van der Waals surface area contributed by atoms with Gasteiger partial charge in [-0.1, -0.05) is 31.9 Å². The van der Waals surface area contributed by atoms with Crippen molar-refractivity contribution in [1.29, 1.82) is 0 Å². The first-order chi connectivity index (χ1) is 9.58. The van der Waals surface area contributed by atoms with Gasteiger partial charge in [0.1, 0.15) is 0 Å². The Balaban J connectivity index is 2.45. The van der Waals surface area contributed by atoms with Gasteiger partial charge in [-0.25, -0.2) is 4.79 Å². The molecule has 0 saturated carbocycles. The summed E-state index contributed by atoms with van der Waals surface area (Å²) in [6.45, 7) is 2.47. The topological polar surface area (TPSA) is 81.4 Å². The third kappa shape index (κ3) is 5.01. The summed E-state index contributed by atoms with van der Waals surface area (Å²) in [7, 11) is 1.34. The average Bonchev–Trinajstić information content (AvgIpc) is 2.49. The van der Waals surface area contributed by atoms with E-state index in [1.165, 1.54) is 7.11 Å². The minimum atomic E-state index is -0.454. The second-order valence-electron chi connectivity index (χ2n) is 4.66. The van der Waals surface area contributed by atoms with Gasteiger partial charge in [0.25, 0.3) is 0 Å². The lowest BCUT2D eigenvalue weighted by molar-refractivity contribution is -0.122. The number of ether oxygens (including phenoxy) is 1. The van der Waals surface area contributed by atoms with Gasteiger partial charge in [0, 0.05) is 6.54 Å². The molecule has 5 nitrogen and oxygen atoms in total. The fourth-order valence-corrected chi connectivity index (χ4v) is 1.75. The molecule has 0 aliphatic carbocycles. The van der Waals surface area contributed by atoms with Crippen LogP contribution in [0.3, 0.4) is 0 Å². The van der Waals surface area contributed by atoms with Gasteiger partial charge in [-0.15, -0.1) is 0 Å². The Labute approximate surface area is 119 Å². The van der Waals surface area contributed by atoms with E-state index in [9.17, 15) is 9.59 Å². The first-order valence-corrected chi connectivity index (χ1v) is 6.79. The quantitative estimate of drug-likeness (QED) is 0.742. The molecule has 0 aromatic heterocycles. The van der Waals surface area contributed by atoms with E-state index in [1.807, 2.05) is 0 Å². The third-order valence-electron chi connectivity index (χ3n) is 3.05. The molecule has 0 heterocycles. The van der Waals surface area contributed by atoms with Crippen molar-refractivity contribution in [3.05, 3.63) is 35.4 Å². The van der Waals surface area contributed by atoms with Crippen molar-refractivity contribution in [1.82, 2.24) is 5.32 Å². The van der Waals surface area contributed by atoms with Crippen LogP contribution in [0.1, 0.15) is 42.1 Å². The highest BCUT2D eigenvalue weighted by molar-refractivity contribution is 5.89. The standard InChI is InChI=1S/C15H22N2O3/c1-3-4-5-13(16)14(18)17-10-11-6-8-12(9-7-11)15(19)20-2/h6-9,13H,3-5,10,16H2,1-2H3,(H,17,18)/t13-/m0/s1. The minimum Gasteiger partial charge on any atom is -0.465 e. The largest absolute Gasteiger partial charge is 0.465 e. The van der Waals surface area contributed by atoms with Crippen molar-refractivity contribution < 1.29 is 14.3 Å². The average molecular weight is 278 g/mol. The molecule has 1 atom stereocenters. The Morgan fingerprint density at radius 1 is 1.30 bits per heavy atom. The number of benzene rings is 1. The summed E-state index contributed by atoms with van der Waals surface area (Å²) >= 11 is 0. The van der Waals surface area contributed by atoms with Crippen LogP contribution in [-0.2, 0) is 16.1 Å². The normalized spacial score (nSPS) is 11.8. The van der Waals surface area contributed by atoms with Gasteiger partial charge in [-0.2, -0.15) is 0 Å². The van der Waals surface area contributed by atoms with Crippen LogP contribution in [0, 0.1) is 0 Å². The van der Waals surface area contributed by atoms with E-state index in [2.05, 4.69) is 17.0 Å². The smallest absolute Gasteiger partial charge is 0.337 e. The maximum absolute atomic E-state index is 11.7. The van der Waals surface area contributed by atoms with Crippen LogP contribution in [0.15, 0.2) is 24.3 Å². The minimum absolute atomic E-state index is 0.143. The van der Waals surface area contributed by atoms with E-state index in [1.54, 1.807) is 24.3 Å². The van der Waals surface area contributed by atoms with Gasteiger partial charge in [0.05, 0.1) is 18.7 Å². The van der Waals surface area contributed by atoms with E-state index in [0.29, 0.717) is 18.5 Å². The highest BCUT2D eigenvalue weighted by Crippen LogP contribution is 2.06. The van der Waals surface area contributed by atoms with E-state index < -0.39 is 6.04 Å². The highest BCUT2D eigenvalue weighted by Gasteiger charge is 2.12. The predicted molar refractivity (Wildman–Crippen MR) is 77.1 cm³/mol. The molecule has 3 N–H and O–H groups in total. The molecule has 20 heavy (non-hydrogen) atoms. The van der Waals surface area contributed by atoms with Crippen LogP contribution in [0.5, 0.6) is 0 Å². The maximum Gasteiger partial charge on any atom is 0.337 e. The van der Waals surface area contributed by atoms with Crippen LogP contribution in [-0.4, -0.2) is 25.0 Å². The summed E-state index contributed by atoms with van der Waals surface area (Å²) in [5.41, 5.74) is 7.18. The van der Waals surface area contributed by atoms with Crippen molar-refractivity contribution >= 4 is 11.9 Å². The van der Waals surface area contributed by atoms with Gasteiger partial charge in [-0.05, 0) is 24.1 Å². The Morgan fingerprint density at radius 3 is 2.50 bits per heavy atom. The van der Waals surface area contributed by atoms with Crippen molar-refractivity contribution in [2.45, 2.75) is 38.8 Å². The number of nitrogens with two attached hydrogens (primary N) is 1. The molecule has 0 spiro atoms. The fraction of sp³-hybridized carbons (Fsp3) is 0.467. The molecule has 0 saturated heterocycles. The number of esters is 1. The molecule has 0 bridgehead atoms. The van der Waals surface area contributed by atoms with Crippen LogP contribution in [0.4, 0.5) is 0 Å². The number of hydrogen-bond donors (Lipinski definition) is 2. The van der Waals surface area contributed by atoms with E-state index in [0.717, 1.165) is 18.4 Å². The molecule has 5 heteroatoms. The molecule has 1 aromatic carbocycles. The van der Waals surface area contributed by atoms with Crippen LogP contribution < -0.4 is 11.1 Å². The fourth-order valence-electron chi connectivity index (χ4n) is 1.75. The molecule has 0 unspecified atom stereocenters. The number of carbonyl (C=O) groups is 2. The second kappa shape index (κ2) is 8.32. The molecular weight excluding hydrogens is 256 g/mol. The first-order valence-electron chi connectivity index (χ1n) is 6.79. The zero-order chi connectivity index (χ0) is 15.0. The van der Waals surface area contributed by atoms with E-state index >= 15 is 0 Å². The molecule has 1 rings (SSSR count). The van der Waals surface area contributed by atoms with Crippen LogP contribution in [0.25, 0.3) is 0 Å². The molecule has 0 aliphatic heterocycles. The number of rotatable bonds is 7. The number of methoxy groups -OCH3 is 1. The number of carbonyl (C=O) groups excluding carboxylic acids is 2. The Kier molecular flexibility index (Phi) is 6.73. The van der Waals surface area contributed by atoms with Gasteiger partial charge in [0.15, 0.2) is 0 Å². The second-order valence-corrected chi connectivity index (χ2v) is 4.66. The summed E-state index contributed by atoms with van der Waals surface area (Å²) < 4.78 is 4.62. The molecule has 1 aromatic rings. The lowest BCUT2D eigenvalue weighted by Gasteiger charge is -2.11. The van der Waals surface area contributed by atoms with Gasteiger partial charge < -0.3 is 15.8 Å². The molecule has 0 radical (unpaired) electrons. The Hall–Kier alpha value is -1.88. The zero-order valence-corrected chi connectivity index (χ0v) is 12.0. The lowest BCUT2D eigenvalue weighted by Crippen LogP contribution is -2.40. The molecular formula is C15H22N2O3. The van der Waals surface area contributed by atoms with Gasteiger partial charge in [0.2, 0.25) is 5.91 Å². The van der Waals surface area contributed by atoms with Crippen molar-refractivity contribution in [2.75, 3.05) is 7.11 Å². The summed E-state index contributed by atoms with van der Waals surface area (Å²) in [5, 5.41) is 2.79. The predicted octanol–water partition coefficient (Wildman–Crippen LogP) is 1.61. The maximum atomic E-state index is 11.7. The van der Waals surface area contributed by atoms with Gasteiger partial charge in [-0.3, -0.25) is 4.79 Å². The van der Waals surface area contributed by atoms with E-state index in [-0.39, 0.29) is 11.9 Å². The monoisotopic (exact) mass is 278 g/mol. The Morgan fingerprint density at radius 2 is 1.95 bits per heavy atom. The van der Waals surface area contributed by atoms with Crippen molar-refractivity contribution in [2.24, 2.45) is 5.73 Å². The van der Waals surface area contributed by atoms with Crippen molar-refractivity contribution in [3.8, 4) is 0 Å². The van der Waals surface area contributed by atoms with Crippen LogP contribution >= 0.6 is 0 Å². The lowest BCUT2D eigenvalue weighted by atomic mass is 10.1. The SMILES string of the molecule is CCCC[C@H](N)C(=O)NCc1ccc(C(=O)OC)cc1. The Bertz CT molecular complexity index is 443. The van der Waals surface area contributed by atoms with Crippen molar-refractivity contribution in [3.63, 3.8) is 0 Å². The summed E-state index contributed by atoms with van der Waals surface area (Å²) in [4.78, 5) is 23.0. The molecule has 1 amide bonds. The number of nitrogens with one attached hydrogen (secondary N) is 1. The van der Waals surface area contributed by atoms with E-state index in [4.69, 9.17) is 5.73 Å². The number of unbranched alkanes of at least 4 members (excludes halogenated alkanes) is 1. The molecule has 0 fully saturated rings. The zero-order valence-electron chi connectivity index (χ0n) is 12.0. The summed E-state index contributed by atoms with van der Waals surface area (Å²) in [6, 6.07) is 6.45. The molecule has 0 aliphatic rings. The highest BCUT2D eigenvalue weighted by atomic mass is 16.5. The first kappa shape index (κ1) is 16.2. The summed E-state index contributed by atoms with van der Waals surface area (Å²) in [5.74, 6) is -0.516. The summed E-state index contributed by atoms with van der Waals surface area (Å²) in [6.07, 6.45) is 2.67. The third-order valence-corrected chi connectivity index (χ3v) is 3.05. The number of amides is 1. The molecule has 110 valence electrons.